The molecule has 4 heteroatoms. The zero-order chi connectivity index (χ0) is 11.3. The summed E-state index contributed by atoms with van der Waals surface area (Å²) in [6.07, 6.45) is 6.59. The number of hydrogen-bond acceptors (Lipinski definition) is 3. The lowest BCUT2D eigenvalue weighted by molar-refractivity contribution is 0.0570. The average Bonchev–Trinajstić information content (AvgIpc) is 2.59. The van der Waals surface area contributed by atoms with Crippen LogP contribution in [-0.2, 0) is 6.54 Å². The Hall–Kier alpha value is -0.870. The minimum Gasteiger partial charge on any atom is -0.389 e. The maximum atomic E-state index is 9.69. The van der Waals surface area contributed by atoms with Crippen LogP contribution in [0.1, 0.15) is 32.0 Å². The van der Waals surface area contributed by atoms with Gasteiger partial charge >= 0.3 is 0 Å². The van der Waals surface area contributed by atoms with Crippen LogP contribution in [0.25, 0.3) is 0 Å². The fourth-order valence-electron chi connectivity index (χ4n) is 1.53. The van der Waals surface area contributed by atoms with Gasteiger partial charge in [-0.1, -0.05) is 0 Å². The van der Waals surface area contributed by atoms with Gasteiger partial charge in [0.2, 0.25) is 0 Å². The van der Waals surface area contributed by atoms with E-state index in [1.165, 1.54) is 0 Å². The molecule has 0 saturated heterocycles. The van der Waals surface area contributed by atoms with Crippen LogP contribution >= 0.6 is 0 Å². The summed E-state index contributed by atoms with van der Waals surface area (Å²) in [4.78, 5) is 4.15. The predicted molar refractivity (Wildman–Crippen MR) is 60.5 cm³/mol. The van der Waals surface area contributed by atoms with Crippen molar-refractivity contribution < 1.29 is 5.11 Å². The number of aliphatic hydroxyl groups is 1. The summed E-state index contributed by atoms with van der Waals surface area (Å²) in [5, 5.41) is 9.69. The molecule has 1 aromatic rings. The summed E-state index contributed by atoms with van der Waals surface area (Å²) in [7, 11) is 0. The molecule has 1 unspecified atom stereocenters. The molecule has 0 aliphatic heterocycles. The third kappa shape index (κ3) is 4.01. The van der Waals surface area contributed by atoms with E-state index in [0.29, 0.717) is 6.54 Å². The second kappa shape index (κ2) is 5.28. The number of nitrogens with zero attached hydrogens (tertiary/aromatic N) is 2. The van der Waals surface area contributed by atoms with E-state index in [9.17, 15) is 5.11 Å². The smallest absolute Gasteiger partial charge is 0.105 e. The summed E-state index contributed by atoms with van der Waals surface area (Å²) in [6.45, 7) is 5.08. The highest BCUT2D eigenvalue weighted by Gasteiger charge is 2.16. The standard InChI is InChI=1S/C11H21N3O/c1-10-13-6-8-14(10)7-4-3-5-11(2,15)9-12/h6,8,15H,3-5,7,9,12H2,1-2H3. The van der Waals surface area contributed by atoms with Crippen LogP contribution in [0.15, 0.2) is 12.4 Å². The molecule has 1 heterocycles. The zero-order valence-electron chi connectivity index (χ0n) is 9.61. The van der Waals surface area contributed by atoms with Crippen molar-refractivity contribution in [2.24, 2.45) is 5.73 Å². The van der Waals surface area contributed by atoms with Crippen LogP contribution in [0.3, 0.4) is 0 Å². The van der Waals surface area contributed by atoms with Crippen LogP contribution in [-0.4, -0.2) is 26.8 Å². The van der Waals surface area contributed by atoms with Crippen molar-refractivity contribution in [3.8, 4) is 0 Å². The van der Waals surface area contributed by atoms with E-state index in [1.54, 1.807) is 6.92 Å². The van der Waals surface area contributed by atoms with E-state index >= 15 is 0 Å². The minimum absolute atomic E-state index is 0.330. The highest BCUT2D eigenvalue weighted by Crippen LogP contribution is 2.12. The second-order valence-corrected chi connectivity index (χ2v) is 4.33. The number of unbranched alkanes of at least 4 members (excludes halogenated alkanes) is 1. The molecule has 1 atom stereocenters. The van der Waals surface area contributed by atoms with E-state index in [0.717, 1.165) is 31.6 Å². The van der Waals surface area contributed by atoms with Gasteiger partial charge in [0, 0.05) is 25.5 Å². The van der Waals surface area contributed by atoms with E-state index in [2.05, 4.69) is 9.55 Å². The number of imidazole rings is 1. The van der Waals surface area contributed by atoms with E-state index < -0.39 is 5.60 Å². The molecule has 0 aliphatic carbocycles. The summed E-state index contributed by atoms with van der Waals surface area (Å²) in [5.41, 5.74) is 4.74. The van der Waals surface area contributed by atoms with Gasteiger partial charge < -0.3 is 15.4 Å². The van der Waals surface area contributed by atoms with Gasteiger partial charge in [-0.05, 0) is 33.1 Å². The van der Waals surface area contributed by atoms with Crippen molar-refractivity contribution >= 4 is 0 Å². The monoisotopic (exact) mass is 211 g/mol. The summed E-state index contributed by atoms with van der Waals surface area (Å²) in [6, 6.07) is 0. The molecule has 0 fully saturated rings. The molecule has 0 amide bonds. The first-order valence-corrected chi connectivity index (χ1v) is 5.45. The topological polar surface area (TPSA) is 64.1 Å². The Morgan fingerprint density at radius 1 is 1.53 bits per heavy atom. The van der Waals surface area contributed by atoms with Gasteiger partial charge in [0.05, 0.1) is 5.60 Å². The highest BCUT2D eigenvalue weighted by atomic mass is 16.3. The molecule has 0 aromatic carbocycles. The fraction of sp³-hybridized carbons (Fsp3) is 0.727. The van der Waals surface area contributed by atoms with Gasteiger partial charge in [-0.3, -0.25) is 0 Å². The summed E-state index contributed by atoms with van der Waals surface area (Å²) < 4.78 is 2.12. The lowest BCUT2D eigenvalue weighted by atomic mass is 9.99. The molecule has 0 bridgehead atoms. The normalized spacial score (nSPS) is 15.2. The van der Waals surface area contributed by atoms with Crippen molar-refractivity contribution in [3.63, 3.8) is 0 Å². The first-order chi connectivity index (χ1) is 7.05. The van der Waals surface area contributed by atoms with Crippen molar-refractivity contribution in [2.45, 2.75) is 45.3 Å². The molecular weight excluding hydrogens is 190 g/mol. The number of aromatic nitrogens is 2. The Morgan fingerprint density at radius 2 is 2.27 bits per heavy atom. The lowest BCUT2D eigenvalue weighted by Crippen LogP contribution is -2.33. The number of hydrogen-bond donors (Lipinski definition) is 2. The predicted octanol–water partition coefficient (Wildman–Crippen LogP) is 1.07. The number of rotatable bonds is 6. The molecule has 4 nitrogen and oxygen atoms in total. The first kappa shape index (κ1) is 12.2. The molecule has 1 rings (SSSR count). The third-order valence-corrected chi connectivity index (χ3v) is 2.73. The Labute approximate surface area is 91.1 Å². The molecule has 0 spiro atoms. The Morgan fingerprint density at radius 3 is 2.80 bits per heavy atom. The molecule has 86 valence electrons. The Kier molecular flexibility index (Phi) is 4.29. The molecule has 15 heavy (non-hydrogen) atoms. The van der Waals surface area contributed by atoms with E-state index in [4.69, 9.17) is 5.73 Å². The van der Waals surface area contributed by atoms with Gasteiger partial charge in [0.25, 0.3) is 0 Å². The molecule has 3 N–H and O–H groups in total. The number of aryl methyl sites for hydroxylation is 2. The van der Waals surface area contributed by atoms with Crippen molar-refractivity contribution in [1.82, 2.24) is 9.55 Å². The van der Waals surface area contributed by atoms with Crippen LogP contribution in [0.2, 0.25) is 0 Å². The molecule has 0 aliphatic rings. The van der Waals surface area contributed by atoms with Gasteiger partial charge in [-0.25, -0.2) is 4.98 Å². The lowest BCUT2D eigenvalue weighted by Gasteiger charge is -2.20. The maximum Gasteiger partial charge on any atom is 0.105 e. The van der Waals surface area contributed by atoms with Crippen LogP contribution in [0.5, 0.6) is 0 Å². The van der Waals surface area contributed by atoms with Gasteiger partial charge in [0.15, 0.2) is 0 Å². The highest BCUT2D eigenvalue weighted by molar-refractivity contribution is 4.88. The second-order valence-electron chi connectivity index (χ2n) is 4.33. The molecule has 1 aromatic heterocycles. The quantitative estimate of drug-likeness (QED) is 0.692. The molecule has 0 saturated carbocycles. The van der Waals surface area contributed by atoms with E-state index in [1.807, 2.05) is 19.3 Å². The van der Waals surface area contributed by atoms with Gasteiger partial charge in [0.1, 0.15) is 5.82 Å². The maximum absolute atomic E-state index is 9.69. The van der Waals surface area contributed by atoms with Gasteiger partial charge in [-0.15, -0.1) is 0 Å². The SMILES string of the molecule is Cc1nccn1CCCCC(C)(O)CN. The average molecular weight is 211 g/mol. The first-order valence-electron chi connectivity index (χ1n) is 5.45. The van der Waals surface area contributed by atoms with Gasteiger partial charge in [-0.2, -0.15) is 0 Å². The van der Waals surface area contributed by atoms with Crippen LogP contribution < -0.4 is 5.73 Å². The summed E-state index contributed by atoms with van der Waals surface area (Å²) in [5.74, 6) is 1.04. The molecule has 0 radical (unpaired) electrons. The molecular formula is C11H21N3O. The van der Waals surface area contributed by atoms with Crippen molar-refractivity contribution in [2.75, 3.05) is 6.54 Å². The van der Waals surface area contributed by atoms with Crippen LogP contribution in [0, 0.1) is 6.92 Å². The fourth-order valence-corrected chi connectivity index (χ4v) is 1.53. The van der Waals surface area contributed by atoms with Crippen molar-refractivity contribution in [1.29, 1.82) is 0 Å². The largest absolute Gasteiger partial charge is 0.389 e. The number of nitrogens with two attached hydrogens (primary N) is 1. The van der Waals surface area contributed by atoms with Crippen LogP contribution in [0.4, 0.5) is 0 Å². The third-order valence-electron chi connectivity index (χ3n) is 2.73. The Balaban J connectivity index is 2.20. The summed E-state index contributed by atoms with van der Waals surface area (Å²) >= 11 is 0. The Bertz CT molecular complexity index is 294. The van der Waals surface area contributed by atoms with E-state index in [-0.39, 0.29) is 0 Å². The minimum atomic E-state index is -0.704. The zero-order valence-corrected chi connectivity index (χ0v) is 9.61. The van der Waals surface area contributed by atoms with Crippen molar-refractivity contribution in [3.05, 3.63) is 18.2 Å².